The lowest BCUT2D eigenvalue weighted by Crippen LogP contribution is -1.89. The SMILES string of the molecule is Cc1cc(CCl)c(Cl)c(C)c1Cl. The molecule has 1 aromatic rings. The molecule has 0 amide bonds. The van der Waals surface area contributed by atoms with E-state index >= 15 is 0 Å². The Morgan fingerprint density at radius 2 is 1.75 bits per heavy atom. The van der Waals surface area contributed by atoms with Crippen LogP contribution in [0.2, 0.25) is 10.0 Å². The highest BCUT2D eigenvalue weighted by molar-refractivity contribution is 6.37. The van der Waals surface area contributed by atoms with Crippen LogP contribution in [0.15, 0.2) is 6.07 Å². The van der Waals surface area contributed by atoms with Gasteiger partial charge in [-0.15, -0.1) is 11.6 Å². The lowest BCUT2D eigenvalue weighted by Gasteiger charge is -2.08. The molecule has 1 rings (SSSR count). The van der Waals surface area contributed by atoms with E-state index in [1.165, 1.54) is 0 Å². The standard InChI is InChI=1S/C9H9Cl3/c1-5-3-7(4-10)9(12)6(2)8(5)11/h3H,4H2,1-2H3. The van der Waals surface area contributed by atoms with Crippen molar-refractivity contribution in [2.45, 2.75) is 19.7 Å². The first-order valence-corrected chi connectivity index (χ1v) is 4.87. The first-order valence-electron chi connectivity index (χ1n) is 3.58. The Morgan fingerprint density at radius 3 is 2.25 bits per heavy atom. The van der Waals surface area contributed by atoms with E-state index in [-0.39, 0.29) is 0 Å². The maximum atomic E-state index is 6.00. The second kappa shape index (κ2) is 3.87. The average molecular weight is 224 g/mol. The van der Waals surface area contributed by atoms with Crippen LogP contribution in [0.5, 0.6) is 0 Å². The van der Waals surface area contributed by atoms with E-state index in [1.807, 2.05) is 19.9 Å². The van der Waals surface area contributed by atoms with E-state index in [1.54, 1.807) is 0 Å². The molecule has 0 radical (unpaired) electrons. The molecular weight excluding hydrogens is 214 g/mol. The lowest BCUT2D eigenvalue weighted by molar-refractivity contribution is 1.29. The Hall–Kier alpha value is 0.0900. The van der Waals surface area contributed by atoms with Crippen LogP contribution in [-0.2, 0) is 5.88 Å². The molecule has 0 heterocycles. The van der Waals surface area contributed by atoms with E-state index in [2.05, 4.69) is 0 Å². The number of alkyl halides is 1. The van der Waals surface area contributed by atoms with Gasteiger partial charge in [0.2, 0.25) is 0 Å². The van der Waals surface area contributed by atoms with Crippen molar-refractivity contribution in [2.75, 3.05) is 0 Å². The summed E-state index contributed by atoms with van der Waals surface area (Å²) < 4.78 is 0. The molecule has 0 saturated carbocycles. The fourth-order valence-corrected chi connectivity index (χ4v) is 1.81. The minimum absolute atomic E-state index is 0.428. The number of hydrogen-bond acceptors (Lipinski definition) is 0. The number of aryl methyl sites for hydroxylation is 1. The molecule has 0 bridgehead atoms. The molecule has 0 unspecified atom stereocenters. The third kappa shape index (κ3) is 1.71. The van der Waals surface area contributed by atoms with E-state index in [0.29, 0.717) is 10.9 Å². The maximum Gasteiger partial charge on any atom is 0.0494 e. The van der Waals surface area contributed by atoms with E-state index in [4.69, 9.17) is 34.8 Å². The zero-order valence-corrected chi connectivity index (χ0v) is 9.19. The normalized spacial score (nSPS) is 10.4. The molecule has 0 nitrogen and oxygen atoms in total. The van der Waals surface area contributed by atoms with Crippen LogP contribution in [0.1, 0.15) is 16.7 Å². The van der Waals surface area contributed by atoms with Crippen molar-refractivity contribution >= 4 is 34.8 Å². The van der Waals surface area contributed by atoms with Crippen molar-refractivity contribution in [3.05, 3.63) is 32.8 Å². The van der Waals surface area contributed by atoms with Crippen molar-refractivity contribution < 1.29 is 0 Å². The highest BCUT2D eigenvalue weighted by Crippen LogP contribution is 2.31. The van der Waals surface area contributed by atoms with Crippen LogP contribution in [0.25, 0.3) is 0 Å². The van der Waals surface area contributed by atoms with E-state index in [0.717, 1.165) is 21.7 Å². The van der Waals surface area contributed by atoms with Crippen LogP contribution >= 0.6 is 34.8 Å². The van der Waals surface area contributed by atoms with Gasteiger partial charge >= 0.3 is 0 Å². The first-order chi connectivity index (χ1) is 5.57. The van der Waals surface area contributed by atoms with Crippen LogP contribution in [0.4, 0.5) is 0 Å². The highest BCUT2D eigenvalue weighted by Gasteiger charge is 2.08. The van der Waals surface area contributed by atoms with Crippen molar-refractivity contribution in [3.63, 3.8) is 0 Å². The summed E-state index contributed by atoms with van der Waals surface area (Å²) in [6, 6.07) is 1.92. The van der Waals surface area contributed by atoms with Gasteiger partial charge in [-0.25, -0.2) is 0 Å². The molecule has 0 aliphatic heterocycles. The molecule has 0 saturated heterocycles. The van der Waals surface area contributed by atoms with E-state index < -0.39 is 0 Å². The van der Waals surface area contributed by atoms with Gasteiger partial charge < -0.3 is 0 Å². The molecule has 0 aliphatic carbocycles. The molecule has 0 aromatic heterocycles. The molecule has 0 atom stereocenters. The first kappa shape index (κ1) is 10.2. The molecule has 0 N–H and O–H groups in total. The third-order valence-electron chi connectivity index (χ3n) is 1.82. The number of rotatable bonds is 1. The monoisotopic (exact) mass is 222 g/mol. The van der Waals surface area contributed by atoms with Gasteiger partial charge in [0.05, 0.1) is 0 Å². The van der Waals surface area contributed by atoms with Gasteiger partial charge in [-0.05, 0) is 30.5 Å². The number of halogens is 3. The number of benzene rings is 1. The Kier molecular flexibility index (Phi) is 3.28. The van der Waals surface area contributed by atoms with Crippen LogP contribution in [0, 0.1) is 13.8 Å². The molecule has 3 heteroatoms. The Morgan fingerprint density at radius 1 is 1.17 bits per heavy atom. The smallest absolute Gasteiger partial charge is 0.0494 e. The van der Waals surface area contributed by atoms with Gasteiger partial charge in [0.15, 0.2) is 0 Å². The summed E-state index contributed by atoms with van der Waals surface area (Å²) in [6.07, 6.45) is 0. The average Bonchev–Trinajstić information content (AvgIpc) is 2.08. The summed E-state index contributed by atoms with van der Waals surface area (Å²) in [4.78, 5) is 0. The Balaban J connectivity index is 3.39. The van der Waals surface area contributed by atoms with Crippen LogP contribution < -0.4 is 0 Å². The quantitative estimate of drug-likeness (QED) is 0.621. The minimum Gasteiger partial charge on any atom is -0.121 e. The second-order valence-electron chi connectivity index (χ2n) is 2.74. The van der Waals surface area contributed by atoms with Crippen LogP contribution in [0.3, 0.4) is 0 Å². The number of hydrogen-bond donors (Lipinski definition) is 0. The van der Waals surface area contributed by atoms with Crippen molar-refractivity contribution in [1.29, 1.82) is 0 Å². The molecule has 0 fully saturated rings. The van der Waals surface area contributed by atoms with Gasteiger partial charge in [-0.1, -0.05) is 29.3 Å². The van der Waals surface area contributed by atoms with Crippen molar-refractivity contribution in [2.24, 2.45) is 0 Å². The van der Waals surface area contributed by atoms with Crippen molar-refractivity contribution in [1.82, 2.24) is 0 Å². The van der Waals surface area contributed by atoms with Gasteiger partial charge in [0.1, 0.15) is 0 Å². The predicted octanol–water partition coefficient (Wildman–Crippen LogP) is 4.35. The van der Waals surface area contributed by atoms with Gasteiger partial charge in [0.25, 0.3) is 0 Å². The van der Waals surface area contributed by atoms with Crippen molar-refractivity contribution in [3.8, 4) is 0 Å². The Labute approximate surface area is 87.4 Å². The summed E-state index contributed by atoms with van der Waals surface area (Å²) in [5.74, 6) is 0.428. The fraction of sp³-hybridized carbons (Fsp3) is 0.333. The zero-order valence-electron chi connectivity index (χ0n) is 6.92. The van der Waals surface area contributed by atoms with E-state index in [9.17, 15) is 0 Å². The fourth-order valence-electron chi connectivity index (χ4n) is 1.12. The molecule has 0 spiro atoms. The molecule has 0 aliphatic rings. The Bertz CT molecular complexity index is 305. The largest absolute Gasteiger partial charge is 0.121 e. The predicted molar refractivity (Wildman–Crippen MR) is 55.5 cm³/mol. The minimum atomic E-state index is 0.428. The maximum absolute atomic E-state index is 6.00. The molecule has 66 valence electrons. The van der Waals surface area contributed by atoms with Crippen LogP contribution in [-0.4, -0.2) is 0 Å². The topological polar surface area (TPSA) is 0 Å². The highest BCUT2D eigenvalue weighted by atomic mass is 35.5. The third-order valence-corrected chi connectivity index (χ3v) is 3.22. The van der Waals surface area contributed by atoms with Gasteiger partial charge in [-0.3, -0.25) is 0 Å². The second-order valence-corrected chi connectivity index (χ2v) is 3.76. The lowest BCUT2D eigenvalue weighted by atomic mass is 10.1. The summed E-state index contributed by atoms with van der Waals surface area (Å²) in [7, 11) is 0. The summed E-state index contributed by atoms with van der Waals surface area (Å²) in [5.41, 5.74) is 2.88. The molecule has 1 aromatic carbocycles. The van der Waals surface area contributed by atoms with Gasteiger partial charge in [-0.2, -0.15) is 0 Å². The summed E-state index contributed by atoms with van der Waals surface area (Å²) in [5, 5.41) is 1.41. The summed E-state index contributed by atoms with van der Waals surface area (Å²) in [6.45, 7) is 3.84. The zero-order chi connectivity index (χ0) is 9.30. The molecule has 12 heavy (non-hydrogen) atoms. The summed E-state index contributed by atoms with van der Waals surface area (Å²) >= 11 is 17.7. The van der Waals surface area contributed by atoms with Gasteiger partial charge in [0, 0.05) is 15.9 Å². The molecular formula is C9H9Cl3.